The molecule has 1 aromatic rings. The fourth-order valence-electron chi connectivity index (χ4n) is 2.13. The highest BCUT2D eigenvalue weighted by Crippen LogP contribution is 2.11. The van der Waals surface area contributed by atoms with Gasteiger partial charge in [0.1, 0.15) is 12.4 Å². The van der Waals surface area contributed by atoms with Crippen molar-refractivity contribution < 1.29 is 4.74 Å². The number of nitrogens with one attached hydrogen (secondary N) is 1. The molecule has 1 heterocycles. The SMILES string of the molecule is Cc1ccc(OCCN2CCNC[C@H]2C)cc1. The molecule has 1 aromatic carbocycles. The Labute approximate surface area is 104 Å². The summed E-state index contributed by atoms with van der Waals surface area (Å²) >= 11 is 0. The molecule has 2 rings (SSSR count). The summed E-state index contributed by atoms with van der Waals surface area (Å²) < 4.78 is 5.75. The van der Waals surface area contributed by atoms with E-state index in [1.165, 1.54) is 5.56 Å². The molecule has 0 aromatic heterocycles. The average molecular weight is 234 g/mol. The summed E-state index contributed by atoms with van der Waals surface area (Å²) in [6.45, 7) is 9.44. The summed E-state index contributed by atoms with van der Waals surface area (Å²) in [5.41, 5.74) is 1.27. The highest BCUT2D eigenvalue weighted by atomic mass is 16.5. The van der Waals surface area contributed by atoms with Gasteiger partial charge in [-0.25, -0.2) is 0 Å². The van der Waals surface area contributed by atoms with Crippen LogP contribution in [0.1, 0.15) is 12.5 Å². The Kier molecular flexibility index (Phi) is 4.40. The molecule has 1 saturated heterocycles. The second-order valence-electron chi connectivity index (χ2n) is 4.75. The molecule has 17 heavy (non-hydrogen) atoms. The summed E-state index contributed by atoms with van der Waals surface area (Å²) in [5.74, 6) is 0.971. The monoisotopic (exact) mass is 234 g/mol. The summed E-state index contributed by atoms with van der Waals surface area (Å²) in [7, 11) is 0. The number of aryl methyl sites for hydroxylation is 1. The van der Waals surface area contributed by atoms with Crippen LogP contribution in [0, 0.1) is 6.92 Å². The van der Waals surface area contributed by atoms with Gasteiger partial charge in [0.25, 0.3) is 0 Å². The first kappa shape index (κ1) is 12.4. The fourth-order valence-corrected chi connectivity index (χ4v) is 2.13. The zero-order valence-electron chi connectivity index (χ0n) is 10.8. The molecule has 1 aliphatic rings. The van der Waals surface area contributed by atoms with E-state index < -0.39 is 0 Å². The van der Waals surface area contributed by atoms with Gasteiger partial charge in [-0.3, -0.25) is 4.90 Å². The Bertz CT molecular complexity index is 337. The van der Waals surface area contributed by atoms with Crippen LogP contribution in [0.4, 0.5) is 0 Å². The van der Waals surface area contributed by atoms with E-state index in [1.54, 1.807) is 0 Å². The Balaban J connectivity index is 1.73. The van der Waals surface area contributed by atoms with E-state index in [2.05, 4.69) is 36.2 Å². The third-order valence-corrected chi connectivity index (χ3v) is 3.31. The topological polar surface area (TPSA) is 24.5 Å². The predicted molar refractivity (Wildman–Crippen MR) is 70.6 cm³/mol. The van der Waals surface area contributed by atoms with Crippen molar-refractivity contribution >= 4 is 0 Å². The predicted octanol–water partition coefficient (Wildman–Crippen LogP) is 1.67. The van der Waals surface area contributed by atoms with Crippen molar-refractivity contribution in [3.05, 3.63) is 29.8 Å². The Morgan fingerprint density at radius 3 is 2.82 bits per heavy atom. The van der Waals surface area contributed by atoms with E-state index in [0.29, 0.717) is 6.04 Å². The van der Waals surface area contributed by atoms with Crippen LogP contribution in [0.15, 0.2) is 24.3 Å². The van der Waals surface area contributed by atoms with Crippen molar-refractivity contribution in [2.75, 3.05) is 32.8 Å². The lowest BCUT2D eigenvalue weighted by Crippen LogP contribution is -2.50. The van der Waals surface area contributed by atoms with Gasteiger partial charge in [-0.05, 0) is 26.0 Å². The minimum atomic E-state index is 0.616. The van der Waals surface area contributed by atoms with E-state index in [-0.39, 0.29) is 0 Å². The molecule has 0 aliphatic carbocycles. The molecule has 94 valence electrons. The van der Waals surface area contributed by atoms with Crippen LogP contribution in [-0.4, -0.2) is 43.7 Å². The lowest BCUT2D eigenvalue weighted by atomic mass is 10.2. The maximum absolute atomic E-state index is 5.75. The van der Waals surface area contributed by atoms with Crippen molar-refractivity contribution in [3.8, 4) is 5.75 Å². The van der Waals surface area contributed by atoms with Crippen molar-refractivity contribution in [1.82, 2.24) is 10.2 Å². The molecule has 0 spiro atoms. The van der Waals surface area contributed by atoms with Gasteiger partial charge in [0.2, 0.25) is 0 Å². The van der Waals surface area contributed by atoms with Crippen LogP contribution in [-0.2, 0) is 0 Å². The number of hydrogen-bond donors (Lipinski definition) is 1. The van der Waals surface area contributed by atoms with Crippen molar-refractivity contribution in [2.24, 2.45) is 0 Å². The van der Waals surface area contributed by atoms with Gasteiger partial charge in [0.15, 0.2) is 0 Å². The summed E-state index contributed by atoms with van der Waals surface area (Å²) in [6, 6.07) is 8.86. The number of nitrogens with zero attached hydrogens (tertiary/aromatic N) is 1. The largest absolute Gasteiger partial charge is 0.492 e. The van der Waals surface area contributed by atoms with Crippen LogP contribution in [0.2, 0.25) is 0 Å². The molecular weight excluding hydrogens is 212 g/mol. The van der Waals surface area contributed by atoms with Crippen LogP contribution in [0.25, 0.3) is 0 Å². The fraction of sp³-hybridized carbons (Fsp3) is 0.571. The average Bonchev–Trinajstić information content (AvgIpc) is 2.34. The molecular formula is C14H22N2O. The molecule has 1 atom stereocenters. The van der Waals surface area contributed by atoms with Gasteiger partial charge >= 0.3 is 0 Å². The minimum absolute atomic E-state index is 0.616. The molecule has 1 N–H and O–H groups in total. The van der Waals surface area contributed by atoms with E-state index in [9.17, 15) is 0 Å². The summed E-state index contributed by atoms with van der Waals surface area (Å²) in [6.07, 6.45) is 0. The smallest absolute Gasteiger partial charge is 0.119 e. The van der Waals surface area contributed by atoms with Crippen molar-refractivity contribution in [1.29, 1.82) is 0 Å². The van der Waals surface area contributed by atoms with Crippen LogP contribution in [0.3, 0.4) is 0 Å². The van der Waals surface area contributed by atoms with Gasteiger partial charge in [0, 0.05) is 32.2 Å². The minimum Gasteiger partial charge on any atom is -0.492 e. The van der Waals surface area contributed by atoms with E-state index in [1.807, 2.05) is 12.1 Å². The van der Waals surface area contributed by atoms with Crippen LogP contribution >= 0.6 is 0 Å². The lowest BCUT2D eigenvalue weighted by molar-refractivity contribution is 0.143. The molecule has 3 heteroatoms. The molecule has 3 nitrogen and oxygen atoms in total. The van der Waals surface area contributed by atoms with E-state index in [4.69, 9.17) is 4.74 Å². The molecule has 1 fully saturated rings. The Hall–Kier alpha value is -1.06. The second-order valence-corrected chi connectivity index (χ2v) is 4.75. The standard InChI is InChI=1S/C14H22N2O/c1-12-3-5-14(6-4-12)17-10-9-16-8-7-15-11-13(16)2/h3-6,13,15H,7-11H2,1-2H3/t13-/m1/s1. The number of piperazine rings is 1. The number of hydrogen-bond acceptors (Lipinski definition) is 3. The maximum atomic E-state index is 5.75. The number of rotatable bonds is 4. The van der Waals surface area contributed by atoms with Gasteiger partial charge in [0.05, 0.1) is 0 Å². The highest BCUT2D eigenvalue weighted by Gasteiger charge is 2.16. The van der Waals surface area contributed by atoms with E-state index >= 15 is 0 Å². The van der Waals surface area contributed by atoms with Crippen LogP contribution < -0.4 is 10.1 Å². The van der Waals surface area contributed by atoms with E-state index in [0.717, 1.165) is 38.5 Å². The van der Waals surface area contributed by atoms with Gasteiger partial charge in [-0.1, -0.05) is 17.7 Å². The Morgan fingerprint density at radius 1 is 1.35 bits per heavy atom. The molecule has 0 amide bonds. The zero-order chi connectivity index (χ0) is 12.1. The third kappa shape index (κ3) is 3.72. The van der Waals surface area contributed by atoms with Crippen LogP contribution in [0.5, 0.6) is 5.75 Å². The first-order valence-electron chi connectivity index (χ1n) is 6.40. The molecule has 0 radical (unpaired) electrons. The van der Waals surface area contributed by atoms with Crippen molar-refractivity contribution in [2.45, 2.75) is 19.9 Å². The quantitative estimate of drug-likeness (QED) is 0.857. The van der Waals surface area contributed by atoms with Gasteiger partial charge in [-0.15, -0.1) is 0 Å². The number of ether oxygens (including phenoxy) is 1. The zero-order valence-corrected chi connectivity index (χ0v) is 10.8. The molecule has 0 unspecified atom stereocenters. The second kappa shape index (κ2) is 6.03. The normalized spacial score (nSPS) is 21.4. The first-order chi connectivity index (χ1) is 8.25. The number of benzene rings is 1. The Morgan fingerprint density at radius 2 is 2.12 bits per heavy atom. The molecule has 0 bridgehead atoms. The van der Waals surface area contributed by atoms with Gasteiger partial charge < -0.3 is 10.1 Å². The summed E-state index contributed by atoms with van der Waals surface area (Å²) in [4.78, 5) is 2.48. The molecule has 0 saturated carbocycles. The lowest BCUT2D eigenvalue weighted by Gasteiger charge is -2.33. The van der Waals surface area contributed by atoms with Gasteiger partial charge in [-0.2, -0.15) is 0 Å². The van der Waals surface area contributed by atoms with Crippen molar-refractivity contribution in [3.63, 3.8) is 0 Å². The highest BCUT2D eigenvalue weighted by molar-refractivity contribution is 5.26. The summed E-state index contributed by atoms with van der Waals surface area (Å²) in [5, 5.41) is 3.40. The first-order valence-corrected chi connectivity index (χ1v) is 6.40. The third-order valence-electron chi connectivity index (χ3n) is 3.31. The molecule has 1 aliphatic heterocycles. The maximum Gasteiger partial charge on any atom is 0.119 e.